The Balaban J connectivity index is 2.36. The summed E-state index contributed by atoms with van der Waals surface area (Å²) in [4.78, 5) is 4.42. The van der Waals surface area contributed by atoms with Crippen molar-refractivity contribution < 1.29 is 8.78 Å². The molecule has 1 heterocycles. The number of rotatable bonds is 2. The van der Waals surface area contributed by atoms with E-state index >= 15 is 0 Å². The van der Waals surface area contributed by atoms with Gasteiger partial charge in [-0.25, -0.2) is 13.8 Å². The standard InChI is InChI=1S/C15H11ClF2N2/c1-9(16)15-19-12-4-2-3-5-14(12)20(15)13-7-6-10(17)8-11(13)18/h2-9H,1H3. The number of halogens is 3. The van der Waals surface area contributed by atoms with Crippen LogP contribution in [0.25, 0.3) is 16.7 Å². The molecule has 0 fully saturated rings. The number of fused-ring (bicyclic) bond motifs is 1. The Labute approximate surface area is 119 Å². The number of hydrogen-bond acceptors (Lipinski definition) is 1. The van der Waals surface area contributed by atoms with Crippen LogP contribution < -0.4 is 0 Å². The van der Waals surface area contributed by atoms with Crippen LogP contribution in [-0.4, -0.2) is 9.55 Å². The molecule has 1 atom stereocenters. The second kappa shape index (κ2) is 4.87. The molecule has 0 aliphatic rings. The van der Waals surface area contributed by atoms with E-state index in [1.807, 2.05) is 24.3 Å². The number of nitrogens with zero attached hydrogens (tertiary/aromatic N) is 2. The lowest BCUT2D eigenvalue weighted by Gasteiger charge is -2.11. The Morgan fingerprint density at radius 3 is 2.60 bits per heavy atom. The lowest BCUT2D eigenvalue weighted by Crippen LogP contribution is -2.04. The van der Waals surface area contributed by atoms with Crippen molar-refractivity contribution in [3.05, 3.63) is 59.9 Å². The van der Waals surface area contributed by atoms with E-state index in [-0.39, 0.29) is 5.69 Å². The maximum absolute atomic E-state index is 14.1. The molecule has 1 unspecified atom stereocenters. The Kier molecular flexibility index (Phi) is 3.18. The summed E-state index contributed by atoms with van der Waals surface area (Å²) in [6, 6.07) is 10.8. The fraction of sp³-hybridized carbons (Fsp3) is 0.133. The van der Waals surface area contributed by atoms with Gasteiger partial charge in [-0.1, -0.05) is 12.1 Å². The predicted molar refractivity (Wildman–Crippen MR) is 75.3 cm³/mol. The van der Waals surface area contributed by atoms with Gasteiger partial charge in [0.2, 0.25) is 0 Å². The van der Waals surface area contributed by atoms with E-state index in [0.717, 1.165) is 17.1 Å². The molecule has 3 aromatic rings. The molecule has 0 spiro atoms. The predicted octanol–water partition coefficient (Wildman–Crippen LogP) is 4.60. The van der Waals surface area contributed by atoms with Crippen LogP contribution in [0.2, 0.25) is 0 Å². The van der Waals surface area contributed by atoms with E-state index in [9.17, 15) is 8.78 Å². The number of alkyl halides is 1. The van der Waals surface area contributed by atoms with Crippen molar-refractivity contribution in [2.75, 3.05) is 0 Å². The first-order valence-electron chi connectivity index (χ1n) is 6.15. The number of para-hydroxylation sites is 2. The zero-order chi connectivity index (χ0) is 14.3. The largest absolute Gasteiger partial charge is 0.292 e. The first kappa shape index (κ1) is 13.1. The van der Waals surface area contributed by atoms with Crippen LogP contribution >= 0.6 is 11.6 Å². The summed E-state index contributed by atoms with van der Waals surface area (Å²) in [6.45, 7) is 1.76. The van der Waals surface area contributed by atoms with Crippen LogP contribution in [-0.2, 0) is 0 Å². The summed E-state index contributed by atoms with van der Waals surface area (Å²) in [7, 11) is 0. The van der Waals surface area contributed by atoms with Crippen LogP contribution in [0.1, 0.15) is 18.1 Å². The van der Waals surface area contributed by atoms with Gasteiger partial charge in [0.05, 0.1) is 22.1 Å². The Bertz CT molecular complexity index is 781. The third-order valence-corrected chi connectivity index (χ3v) is 3.29. The zero-order valence-electron chi connectivity index (χ0n) is 10.6. The summed E-state index contributed by atoms with van der Waals surface area (Å²) in [5.41, 5.74) is 1.70. The van der Waals surface area contributed by atoms with E-state index in [4.69, 9.17) is 11.6 Å². The normalized spacial score (nSPS) is 12.8. The number of benzene rings is 2. The fourth-order valence-electron chi connectivity index (χ4n) is 2.23. The summed E-state index contributed by atoms with van der Waals surface area (Å²) in [5, 5.41) is -0.396. The van der Waals surface area contributed by atoms with E-state index < -0.39 is 17.0 Å². The molecular formula is C15H11ClF2N2. The Hall–Kier alpha value is -1.94. The molecule has 0 bridgehead atoms. The monoisotopic (exact) mass is 292 g/mol. The van der Waals surface area contributed by atoms with Crippen LogP contribution in [0.15, 0.2) is 42.5 Å². The van der Waals surface area contributed by atoms with Crippen molar-refractivity contribution in [1.82, 2.24) is 9.55 Å². The molecule has 0 saturated heterocycles. The molecule has 0 amide bonds. The van der Waals surface area contributed by atoms with Gasteiger partial charge in [0.25, 0.3) is 0 Å². The summed E-state index contributed by atoms with van der Waals surface area (Å²) < 4.78 is 28.8. The minimum Gasteiger partial charge on any atom is -0.292 e. The van der Waals surface area contributed by atoms with Gasteiger partial charge < -0.3 is 0 Å². The van der Waals surface area contributed by atoms with Gasteiger partial charge in [-0.15, -0.1) is 11.6 Å². The SMILES string of the molecule is CC(Cl)c1nc2ccccc2n1-c1ccc(F)cc1F. The lowest BCUT2D eigenvalue weighted by molar-refractivity contribution is 0.577. The fourth-order valence-corrected chi connectivity index (χ4v) is 2.37. The smallest absolute Gasteiger partial charge is 0.150 e. The average Bonchev–Trinajstić information content (AvgIpc) is 2.78. The second-order valence-electron chi connectivity index (χ2n) is 4.51. The van der Waals surface area contributed by atoms with Crippen LogP contribution in [0.3, 0.4) is 0 Å². The van der Waals surface area contributed by atoms with Gasteiger partial charge in [0, 0.05) is 6.07 Å². The first-order valence-corrected chi connectivity index (χ1v) is 6.58. The van der Waals surface area contributed by atoms with E-state index in [2.05, 4.69) is 4.98 Å². The maximum Gasteiger partial charge on any atom is 0.150 e. The van der Waals surface area contributed by atoms with Crippen molar-refractivity contribution in [2.24, 2.45) is 0 Å². The van der Waals surface area contributed by atoms with Crippen molar-refractivity contribution in [3.8, 4) is 5.69 Å². The van der Waals surface area contributed by atoms with E-state index in [0.29, 0.717) is 5.82 Å². The van der Waals surface area contributed by atoms with Crippen molar-refractivity contribution in [3.63, 3.8) is 0 Å². The molecule has 0 saturated carbocycles. The van der Waals surface area contributed by atoms with Gasteiger partial charge >= 0.3 is 0 Å². The van der Waals surface area contributed by atoms with E-state index in [1.165, 1.54) is 12.1 Å². The Morgan fingerprint density at radius 1 is 1.15 bits per heavy atom. The molecule has 0 radical (unpaired) electrons. The molecule has 0 N–H and O–H groups in total. The third kappa shape index (κ3) is 2.06. The summed E-state index contributed by atoms with van der Waals surface area (Å²) in [6.07, 6.45) is 0. The minimum atomic E-state index is -0.647. The highest BCUT2D eigenvalue weighted by molar-refractivity contribution is 6.20. The van der Waals surface area contributed by atoms with Crippen molar-refractivity contribution in [2.45, 2.75) is 12.3 Å². The highest BCUT2D eigenvalue weighted by Gasteiger charge is 2.18. The van der Waals surface area contributed by atoms with Gasteiger partial charge in [0.1, 0.15) is 17.5 Å². The molecule has 1 aromatic heterocycles. The maximum atomic E-state index is 14.1. The molecule has 2 aromatic carbocycles. The van der Waals surface area contributed by atoms with Gasteiger partial charge in [-0.05, 0) is 31.2 Å². The third-order valence-electron chi connectivity index (χ3n) is 3.09. The van der Waals surface area contributed by atoms with Crippen LogP contribution in [0.5, 0.6) is 0 Å². The summed E-state index contributed by atoms with van der Waals surface area (Å²) in [5.74, 6) is -0.735. The molecule has 3 rings (SSSR count). The molecule has 0 aliphatic heterocycles. The van der Waals surface area contributed by atoms with Crippen LogP contribution in [0.4, 0.5) is 8.78 Å². The van der Waals surface area contributed by atoms with Gasteiger partial charge in [0.15, 0.2) is 0 Å². The Morgan fingerprint density at radius 2 is 1.90 bits per heavy atom. The number of aromatic nitrogens is 2. The number of imidazole rings is 1. The molecule has 0 aliphatic carbocycles. The van der Waals surface area contributed by atoms with E-state index in [1.54, 1.807) is 11.5 Å². The molecule has 5 heteroatoms. The topological polar surface area (TPSA) is 17.8 Å². The number of hydrogen-bond donors (Lipinski definition) is 0. The zero-order valence-corrected chi connectivity index (χ0v) is 11.4. The second-order valence-corrected chi connectivity index (χ2v) is 5.16. The van der Waals surface area contributed by atoms with Crippen LogP contribution in [0, 0.1) is 11.6 Å². The molecule has 2 nitrogen and oxygen atoms in total. The van der Waals surface area contributed by atoms with Crippen molar-refractivity contribution in [1.29, 1.82) is 0 Å². The van der Waals surface area contributed by atoms with Crippen molar-refractivity contribution >= 4 is 22.6 Å². The lowest BCUT2D eigenvalue weighted by atomic mass is 10.2. The highest BCUT2D eigenvalue weighted by atomic mass is 35.5. The minimum absolute atomic E-state index is 0.239. The quantitative estimate of drug-likeness (QED) is 0.631. The first-order chi connectivity index (χ1) is 9.58. The molecule has 102 valence electrons. The highest BCUT2D eigenvalue weighted by Crippen LogP contribution is 2.29. The summed E-state index contributed by atoms with van der Waals surface area (Å²) >= 11 is 6.13. The van der Waals surface area contributed by atoms with Gasteiger partial charge in [-0.2, -0.15) is 0 Å². The van der Waals surface area contributed by atoms with Gasteiger partial charge in [-0.3, -0.25) is 4.57 Å². The molecule has 20 heavy (non-hydrogen) atoms. The molecular weight excluding hydrogens is 282 g/mol. The average molecular weight is 293 g/mol.